The van der Waals surface area contributed by atoms with Crippen molar-refractivity contribution in [2.24, 2.45) is 5.73 Å². The minimum atomic E-state index is -0.935. The smallest absolute Gasteiger partial charge is 0.305 e. The molecule has 0 saturated carbocycles. The average Bonchev–Trinajstić information content (AvgIpc) is 2.56. The third kappa shape index (κ3) is 1.74. The maximum atomic E-state index is 10.6. The lowest BCUT2D eigenvalue weighted by Gasteiger charge is -2.05. The monoisotopic (exact) mass is 220 g/mol. The number of carboxylic acid groups (broad SMARTS) is 1. The van der Waals surface area contributed by atoms with Crippen LogP contribution in [0.3, 0.4) is 0 Å². The molecule has 0 aromatic carbocycles. The molecule has 0 amide bonds. The summed E-state index contributed by atoms with van der Waals surface area (Å²) in [6.45, 7) is 1.80. The van der Waals surface area contributed by atoms with Gasteiger partial charge in [-0.05, 0) is 19.1 Å². The molecule has 0 radical (unpaired) electrons. The van der Waals surface area contributed by atoms with E-state index in [-0.39, 0.29) is 6.42 Å². The molecule has 1 atom stereocenters. The van der Waals surface area contributed by atoms with Crippen LogP contribution in [0.25, 0.3) is 5.52 Å². The molecule has 16 heavy (non-hydrogen) atoms. The lowest BCUT2D eigenvalue weighted by molar-refractivity contribution is -0.137. The van der Waals surface area contributed by atoms with Crippen molar-refractivity contribution in [3.63, 3.8) is 0 Å². The molecule has 1 unspecified atom stereocenters. The SMILES string of the molecule is Cc1nc(C(N)CC(=O)O)c2cccnn12. The number of imidazole rings is 1. The Hall–Kier alpha value is -1.95. The van der Waals surface area contributed by atoms with Gasteiger partial charge in [-0.3, -0.25) is 4.79 Å². The Morgan fingerprint density at radius 1 is 1.69 bits per heavy atom. The van der Waals surface area contributed by atoms with Gasteiger partial charge in [0.2, 0.25) is 0 Å². The maximum Gasteiger partial charge on any atom is 0.305 e. The topological polar surface area (TPSA) is 93.5 Å². The normalized spacial score (nSPS) is 12.9. The number of carbonyl (C=O) groups is 1. The number of fused-ring (bicyclic) bond motifs is 1. The quantitative estimate of drug-likeness (QED) is 0.786. The Kier molecular flexibility index (Phi) is 2.57. The van der Waals surface area contributed by atoms with Gasteiger partial charge in [0.05, 0.1) is 23.7 Å². The van der Waals surface area contributed by atoms with Gasteiger partial charge in [-0.15, -0.1) is 0 Å². The Balaban J connectivity index is 2.48. The average molecular weight is 220 g/mol. The standard InChI is InChI=1S/C10H12N4O2/c1-6-13-10(7(11)5-9(15)16)8-3-2-4-12-14(6)8/h2-4,7H,5,11H2,1H3,(H,15,16). The van der Waals surface area contributed by atoms with Gasteiger partial charge in [0.1, 0.15) is 5.82 Å². The molecule has 6 nitrogen and oxygen atoms in total. The van der Waals surface area contributed by atoms with Crippen LogP contribution < -0.4 is 5.73 Å². The summed E-state index contributed by atoms with van der Waals surface area (Å²) >= 11 is 0. The van der Waals surface area contributed by atoms with Crippen LogP contribution in [0.15, 0.2) is 18.3 Å². The highest BCUT2D eigenvalue weighted by atomic mass is 16.4. The summed E-state index contributed by atoms with van der Waals surface area (Å²) in [5.41, 5.74) is 7.13. The zero-order valence-electron chi connectivity index (χ0n) is 8.79. The van der Waals surface area contributed by atoms with Crippen molar-refractivity contribution in [3.8, 4) is 0 Å². The molecule has 84 valence electrons. The summed E-state index contributed by atoms with van der Waals surface area (Å²) in [6, 6.07) is 2.99. The van der Waals surface area contributed by atoms with Crippen LogP contribution in [0.2, 0.25) is 0 Å². The van der Waals surface area contributed by atoms with E-state index in [4.69, 9.17) is 10.8 Å². The third-order valence-electron chi connectivity index (χ3n) is 2.35. The molecule has 0 aliphatic rings. The second kappa shape index (κ2) is 3.90. The molecule has 2 rings (SSSR count). The van der Waals surface area contributed by atoms with Crippen molar-refractivity contribution in [1.82, 2.24) is 14.6 Å². The fourth-order valence-electron chi connectivity index (χ4n) is 1.66. The maximum absolute atomic E-state index is 10.6. The fraction of sp³-hybridized carbons (Fsp3) is 0.300. The Morgan fingerprint density at radius 2 is 2.44 bits per heavy atom. The molecule has 0 aliphatic carbocycles. The van der Waals surface area contributed by atoms with Gasteiger partial charge in [0, 0.05) is 6.20 Å². The van der Waals surface area contributed by atoms with Crippen LogP contribution in [-0.4, -0.2) is 25.7 Å². The van der Waals surface area contributed by atoms with Crippen molar-refractivity contribution in [2.75, 3.05) is 0 Å². The summed E-state index contributed by atoms with van der Waals surface area (Å²) in [7, 11) is 0. The number of aryl methyl sites for hydroxylation is 1. The largest absolute Gasteiger partial charge is 0.481 e. The highest BCUT2D eigenvalue weighted by molar-refractivity contribution is 5.68. The molecule has 0 spiro atoms. The minimum Gasteiger partial charge on any atom is -0.481 e. The number of aliphatic carboxylic acids is 1. The Bertz CT molecular complexity index is 535. The fourth-order valence-corrected chi connectivity index (χ4v) is 1.66. The summed E-state index contributed by atoms with van der Waals surface area (Å²) in [5.74, 6) is -0.235. The van der Waals surface area contributed by atoms with E-state index >= 15 is 0 Å². The van der Waals surface area contributed by atoms with E-state index in [1.807, 2.05) is 6.07 Å². The van der Waals surface area contributed by atoms with E-state index in [2.05, 4.69) is 10.1 Å². The number of nitrogens with zero attached hydrogens (tertiary/aromatic N) is 3. The lowest BCUT2D eigenvalue weighted by atomic mass is 10.1. The zero-order valence-corrected chi connectivity index (χ0v) is 8.79. The molecule has 2 aromatic heterocycles. The van der Waals surface area contributed by atoms with Gasteiger partial charge in [0.15, 0.2) is 0 Å². The molecular formula is C10H12N4O2. The van der Waals surface area contributed by atoms with Crippen molar-refractivity contribution >= 4 is 11.5 Å². The van der Waals surface area contributed by atoms with E-state index in [0.717, 1.165) is 5.52 Å². The molecule has 6 heteroatoms. The number of rotatable bonds is 3. The highest BCUT2D eigenvalue weighted by Gasteiger charge is 2.17. The third-order valence-corrected chi connectivity index (χ3v) is 2.35. The van der Waals surface area contributed by atoms with E-state index in [9.17, 15) is 4.79 Å². The molecule has 2 aromatic rings. The van der Waals surface area contributed by atoms with Crippen LogP contribution in [0, 0.1) is 6.92 Å². The molecule has 0 saturated heterocycles. The van der Waals surface area contributed by atoms with Gasteiger partial charge in [-0.25, -0.2) is 9.50 Å². The first-order valence-electron chi connectivity index (χ1n) is 4.87. The summed E-state index contributed by atoms with van der Waals surface area (Å²) in [6.07, 6.45) is 1.51. The van der Waals surface area contributed by atoms with Crippen LogP contribution >= 0.6 is 0 Å². The van der Waals surface area contributed by atoms with Gasteiger partial charge < -0.3 is 10.8 Å². The predicted molar refractivity (Wildman–Crippen MR) is 56.9 cm³/mol. The number of hydrogen-bond acceptors (Lipinski definition) is 4. The first kappa shape index (κ1) is 10.6. The van der Waals surface area contributed by atoms with E-state index in [1.165, 1.54) is 0 Å². The van der Waals surface area contributed by atoms with Crippen molar-refractivity contribution in [2.45, 2.75) is 19.4 Å². The van der Waals surface area contributed by atoms with Crippen LogP contribution in [0.5, 0.6) is 0 Å². The predicted octanol–water partition coefficient (Wildman–Crippen LogP) is 0.512. The summed E-state index contributed by atoms with van der Waals surface area (Å²) in [5, 5.41) is 12.8. The van der Waals surface area contributed by atoms with E-state index < -0.39 is 12.0 Å². The number of hydrogen-bond donors (Lipinski definition) is 2. The number of carboxylic acids is 1. The van der Waals surface area contributed by atoms with Gasteiger partial charge in [-0.2, -0.15) is 5.10 Å². The second-order valence-corrected chi connectivity index (χ2v) is 3.57. The summed E-state index contributed by atoms with van der Waals surface area (Å²) in [4.78, 5) is 14.9. The molecule has 3 N–H and O–H groups in total. The van der Waals surface area contributed by atoms with Crippen molar-refractivity contribution in [3.05, 3.63) is 29.8 Å². The van der Waals surface area contributed by atoms with Crippen molar-refractivity contribution < 1.29 is 9.90 Å². The number of nitrogens with two attached hydrogens (primary N) is 1. The summed E-state index contributed by atoms with van der Waals surface area (Å²) < 4.78 is 1.65. The molecule has 2 heterocycles. The minimum absolute atomic E-state index is 0.138. The van der Waals surface area contributed by atoms with Crippen LogP contribution in [0.4, 0.5) is 0 Å². The molecule has 0 bridgehead atoms. The molecule has 0 fully saturated rings. The molecular weight excluding hydrogens is 208 g/mol. The van der Waals surface area contributed by atoms with E-state index in [0.29, 0.717) is 11.5 Å². The van der Waals surface area contributed by atoms with Gasteiger partial charge in [-0.1, -0.05) is 0 Å². The molecule has 0 aliphatic heterocycles. The first-order valence-corrected chi connectivity index (χ1v) is 4.87. The second-order valence-electron chi connectivity index (χ2n) is 3.57. The lowest BCUT2D eigenvalue weighted by Crippen LogP contribution is -2.15. The van der Waals surface area contributed by atoms with Crippen LogP contribution in [0.1, 0.15) is 24.0 Å². The Morgan fingerprint density at radius 3 is 3.12 bits per heavy atom. The van der Waals surface area contributed by atoms with Crippen LogP contribution in [-0.2, 0) is 4.79 Å². The Labute approximate surface area is 91.7 Å². The van der Waals surface area contributed by atoms with E-state index in [1.54, 1.807) is 23.7 Å². The van der Waals surface area contributed by atoms with Crippen molar-refractivity contribution in [1.29, 1.82) is 0 Å². The zero-order chi connectivity index (χ0) is 11.7. The number of aromatic nitrogens is 3. The van der Waals surface area contributed by atoms with Gasteiger partial charge in [0.25, 0.3) is 0 Å². The first-order chi connectivity index (χ1) is 7.59. The highest BCUT2D eigenvalue weighted by Crippen LogP contribution is 2.19. The van der Waals surface area contributed by atoms with Gasteiger partial charge >= 0.3 is 5.97 Å².